The van der Waals surface area contributed by atoms with Crippen LogP contribution in [0.3, 0.4) is 0 Å². The van der Waals surface area contributed by atoms with E-state index in [0.29, 0.717) is 5.56 Å². The monoisotopic (exact) mass is 284 g/mol. The Kier molecular flexibility index (Phi) is 4.38. The highest BCUT2D eigenvalue weighted by Crippen LogP contribution is 2.18. The second kappa shape index (κ2) is 6.22. The van der Waals surface area contributed by atoms with Gasteiger partial charge in [-0.05, 0) is 26.0 Å². The van der Waals surface area contributed by atoms with Crippen molar-refractivity contribution in [2.75, 3.05) is 0 Å². The lowest BCUT2D eigenvalue weighted by atomic mass is 10.1. The molecule has 4 nitrogen and oxygen atoms in total. The first-order valence-electron chi connectivity index (χ1n) is 6.59. The molecule has 4 heteroatoms. The second-order valence-corrected chi connectivity index (χ2v) is 4.79. The number of phenolic OH excluding ortho intramolecular Hbond substituents is 1. The number of rotatable bonds is 4. The molecule has 0 saturated heterocycles. The lowest BCUT2D eigenvalue weighted by Gasteiger charge is -2.13. The third kappa shape index (κ3) is 3.48. The maximum atomic E-state index is 12.2. The smallest absolute Gasteiger partial charge is 0.342 e. The molecule has 0 aliphatic rings. The lowest BCUT2D eigenvalue weighted by molar-refractivity contribution is 0.0316. The number of aryl methyl sites for hydroxylation is 1. The first-order valence-corrected chi connectivity index (χ1v) is 6.59. The van der Waals surface area contributed by atoms with E-state index in [0.717, 1.165) is 5.56 Å². The van der Waals surface area contributed by atoms with Crippen molar-refractivity contribution in [2.24, 2.45) is 0 Å². The number of hydrogen-bond acceptors (Lipinski definition) is 4. The zero-order valence-electron chi connectivity index (χ0n) is 11.9. The van der Waals surface area contributed by atoms with Gasteiger partial charge in [-0.2, -0.15) is 0 Å². The lowest BCUT2D eigenvalue weighted by Crippen LogP contribution is -2.24. The van der Waals surface area contributed by atoms with E-state index in [4.69, 9.17) is 4.74 Å². The maximum Gasteiger partial charge on any atom is 0.342 e. The zero-order chi connectivity index (χ0) is 15.4. The molecule has 0 fully saturated rings. The van der Waals surface area contributed by atoms with Gasteiger partial charge in [-0.1, -0.05) is 42.0 Å². The van der Waals surface area contributed by atoms with Crippen molar-refractivity contribution in [2.45, 2.75) is 20.0 Å². The maximum absolute atomic E-state index is 12.2. The first kappa shape index (κ1) is 14.8. The Labute approximate surface area is 123 Å². The van der Waals surface area contributed by atoms with E-state index in [1.165, 1.54) is 19.1 Å². The number of carbonyl (C=O) groups is 2. The fourth-order valence-electron chi connectivity index (χ4n) is 1.88. The van der Waals surface area contributed by atoms with E-state index in [9.17, 15) is 14.7 Å². The quantitative estimate of drug-likeness (QED) is 0.692. The Morgan fingerprint density at radius 1 is 1.05 bits per heavy atom. The fraction of sp³-hybridized carbons (Fsp3) is 0.176. The minimum Gasteiger partial charge on any atom is -0.507 e. The van der Waals surface area contributed by atoms with Crippen LogP contribution in [0.4, 0.5) is 0 Å². The molecular weight excluding hydrogens is 268 g/mol. The fourth-order valence-corrected chi connectivity index (χ4v) is 1.88. The number of ketones is 1. The number of Topliss-reactive ketones (excluding diaryl/α,β-unsaturated/α-hetero) is 1. The molecule has 21 heavy (non-hydrogen) atoms. The summed E-state index contributed by atoms with van der Waals surface area (Å²) < 4.78 is 5.12. The van der Waals surface area contributed by atoms with Crippen molar-refractivity contribution in [1.82, 2.24) is 0 Å². The van der Waals surface area contributed by atoms with Gasteiger partial charge in [0.1, 0.15) is 11.3 Å². The molecule has 0 aliphatic heterocycles. The molecule has 0 bridgehead atoms. The molecule has 0 unspecified atom stereocenters. The Bertz CT molecular complexity index is 659. The minimum atomic E-state index is -0.917. The van der Waals surface area contributed by atoms with Crippen LogP contribution in [0.15, 0.2) is 48.5 Å². The molecule has 0 saturated carbocycles. The van der Waals surface area contributed by atoms with Gasteiger partial charge in [0.05, 0.1) is 0 Å². The van der Waals surface area contributed by atoms with Crippen molar-refractivity contribution in [1.29, 1.82) is 0 Å². The van der Waals surface area contributed by atoms with Gasteiger partial charge in [0.25, 0.3) is 0 Å². The van der Waals surface area contributed by atoms with E-state index in [2.05, 4.69) is 0 Å². The summed E-state index contributed by atoms with van der Waals surface area (Å²) in [5, 5.41) is 9.59. The molecule has 2 rings (SSSR count). The molecule has 0 heterocycles. The zero-order valence-corrected chi connectivity index (χ0v) is 11.9. The number of esters is 1. The van der Waals surface area contributed by atoms with Gasteiger partial charge >= 0.3 is 5.97 Å². The highest BCUT2D eigenvalue weighted by Gasteiger charge is 2.21. The Morgan fingerprint density at radius 2 is 1.67 bits per heavy atom. The summed E-state index contributed by atoms with van der Waals surface area (Å²) in [7, 11) is 0. The van der Waals surface area contributed by atoms with Gasteiger partial charge in [0, 0.05) is 5.56 Å². The number of carbonyl (C=O) groups excluding carboxylic acids is 2. The highest BCUT2D eigenvalue weighted by molar-refractivity contribution is 6.01. The minimum absolute atomic E-state index is 0.0426. The van der Waals surface area contributed by atoms with Crippen LogP contribution in [-0.4, -0.2) is 23.0 Å². The number of aromatic hydroxyl groups is 1. The average molecular weight is 284 g/mol. The summed E-state index contributed by atoms with van der Waals surface area (Å²) in [6.45, 7) is 3.44. The number of phenols is 1. The molecule has 1 atom stereocenters. The Morgan fingerprint density at radius 3 is 2.29 bits per heavy atom. The van der Waals surface area contributed by atoms with Crippen molar-refractivity contribution in [3.8, 4) is 5.75 Å². The van der Waals surface area contributed by atoms with E-state index in [-0.39, 0.29) is 17.1 Å². The van der Waals surface area contributed by atoms with E-state index in [1.54, 1.807) is 24.3 Å². The Hall–Kier alpha value is -2.62. The molecular formula is C17H16O4. The molecule has 1 N–H and O–H groups in total. The van der Waals surface area contributed by atoms with Crippen molar-refractivity contribution < 1.29 is 19.4 Å². The third-order valence-corrected chi connectivity index (χ3v) is 3.11. The van der Waals surface area contributed by atoms with E-state index < -0.39 is 12.1 Å². The summed E-state index contributed by atoms with van der Waals surface area (Å²) in [5.74, 6) is -1.17. The summed E-state index contributed by atoms with van der Waals surface area (Å²) in [4.78, 5) is 24.1. The van der Waals surface area contributed by atoms with Gasteiger partial charge in [-0.15, -0.1) is 0 Å². The highest BCUT2D eigenvalue weighted by atomic mass is 16.5. The second-order valence-electron chi connectivity index (χ2n) is 4.79. The van der Waals surface area contributed by atoms with Gasteiger partial charge in [-0.25, -0.2) is 4.79 Å². The van der Waals surface area contributed by atoms with Crippen molar-refractivity contribution in [3.05, 3.63) is 65.2 Å². The molecule has 108 valence electrons. The van der Waals surface area contributed by atoms with Crippen molar-refractivity contribution in [3.63, 3.8) is 0 Å². The topological polar surface area (TPSA) is 63.6 Å². The van der Waals surface area contributed by atoms with Gasteiger partial charge < -0.3 is 9.84 Å². The number of ether oxygens (including phenoxy) is 1. The first-order chi connectivity index (χ1) is 9.99. The molecule has 0 aliphatic carbocycles. The number of hydrogen-bond donors (Lipinski definition) is 1. The van der Waals surface area contributed by atoms with Crippen LogP contribution < -0.4 is 0 Å². The van der Waals surface area contributed by atoms with Crippen molar-refractivity contribution >= 4 is 11.8 Å². The van der Waals surface area contributed by atoms with Crippen LogP contribution in [0, 0.1) is 6.92 Å². The van der Waals surface area contributed by atoms with E-state index in [1.807, 2.05) is 19.1 Å². The predicted molar refractivity (Wildman–Crippen MR) is 78.5 cm³/mol. The number of benzene rings is 2. The van der Waals surface area contributed by atoms with Crippen LogP contribution in [0.2, 0.25) is 0 Å². The van der Waals surface area contributed by atoms with Gasteiger partial charge in [0.15, 0.2) is 6.10 Å². The summed E-state index contributed by atoms with van der Waals surface area (Å²) in [5.41, 5.74) is 1.57. The van der Waals surface area contributed by atoms with Crippen LogP contribution >= 0.6 is 0 Å². The third-order valence-electron chi connectivity index (χ3n) is 3.11. The predicted octanol–water partition coefficient (Wildman–Crippen LogP) is 3.13. The van der Waals surface area contributed by atoms with Crippen LogP contribution in [0.25, 0.3) is 0 Å². The van der Waals surface area contributed by atoms with Crippen LogP contribution in [0.5, 0.6) is 5.75 Å². The largest absolute Gasteiger partial charge is 0.507 e. The van der Waals surface area contributed by atoms with E-state index >= 15 is 0 Å². The molecule has 0 amide bonds. The van der Waals surface area contributed by atoms with Crippen LogP contribution in [-0.2, 0) is 4.74 Å². The average Bonchev–Trinajstić information content (AvgIpc) is 2.47. The summed E-state index contributed by atoms with van der Waals surface area (Å²) in [6.07, 6.45) is -0.917. The Balaban J connectivity index is 2.09. The summed E-state index contributed by atoms with van der Waals surface area (Å²) >= 11 is 0. The van der Waals surface area contributed by atoms with Gasteiger partial charge in [-0.3, -0.25) is 4.79 Å². The molecule has 2 aromatic rings. The van der Waals surface area contributed by atoms with Gasteiger partial charge in [0.2, 0.25) is 5.78 Å². The molecule has 2 aromatic carbocycles. The number of para-hydroxylation sites is 1. The van der Waals surface area contributed by atoms with Crippen LogP contribution in [0.1, 0.15) is 33.2 Å². The summed E-state index contributed by atoms with van der Waals surface area (Å²) in [6, 6.07) is 13.1. The standard InChI is InChI=1S/C17H16O4/c1-11-7-9-13(10-8-11)16(19)12(2)21-17(20)14-5-3-4-6-15(14)18/h3-10,12,18H,1-2H3/t12-/m0/s1. The normalized spacial score (nSPS) is 11.7. The molecule has 0 radical (unpaired) electrons. The molecule has 0 spiro atoms. The SMILES string of the molecule is Cc1ccc(C(=O)[C@H](C)OC(=O)c2ccccc2O)cc1. The molecule has 0 aromatic heterocycles.